The van der Waals surface area contributed by atoms with Gasteiger partial charge in [-0.2, -0.15) is 0 Å². The molecule has 0 aromatic carbocycles. The number of ether oxygens (including phenoxy) is 1. The monoisotopic (exact) mass is 404 g/mol. The first-order valence-corrected chi connectivity index (χ1v) is 10.2. The Bertz CT molecular complexity index is 1180. The van der Waals surface area contributed by atoms with Crippen molar-refractivity contribution in [2.45, 2.75) is 27.2 Å². The number of aryl methyl sites for hydroxylation is 1. The van der Waals surface area contributed by atoms with E-state index in [4.69, 9.17) is 15.1 Å². The molecule has 30 heavy (non-hydrogen) atoms. The van der Waals surface area contributed by atoms with E-state index in [0.717, 1.165) is 46.6 Å². The average Bonchev–Trinajstić information content (AvgIpc) is 3.21. The van der Waals surface area contributed by atoms with Crippen LogP contribution in [0.2, 0.25) is 0 Å². The number of fused-ring (bicyclic) bond motifs is 2. The molecular formula is C23H28N6O. The molecule has 0 unspecified atom stereocenters. The summed E-state index contributed by atoms with van der Waals surface area (Å²) in [4.78, 5) is 10.4. The van der Waals surface area contributed by atoms with Gasteiger partial charge in [-0.3, -0.25) is 5.41 Å². The lowest BCUT2D eigenvalue weighted by atomic mass is 9.90. The van der Waals surface area contributed by atoms with Gasteiger partial charge in [0.2, 0.25) is 0 Å². The van der Waals surface area contributed by atoms with Crippen LogP contribution in [-0.4, -0.2) is 58.2 Å². The van der Waals surface area contributed by atoms with E-state index in [2.05, 4.69) is 28.8 Å². The number of likely N-dealkylation sites (N-methyl/N-ethyl adjacent to an activating group) is 1. The molecule has 0 saturated heterocycles. The van der Waals surface area contributed by atoms with E-state index in [1.54, 1.807) is 4.52 Å². The zero-order chi connectivity index (χ0) is 21.4. The lowest BCUT2D eigenvalue weighted by molar-refractivity contribution is 0.254. The molecule has 2 N–H and O–H groups in total. The van der Waals surface area contributed by atoms with Crippen LogP contribution in [0.4, 0.5) is 5.69 Å². The summed E-state index contributed by atoms with van der Waals surface area (Å²) in [5.74, 6) is 0.488. The van der Waals surface area contributed by atoms with E-state index < -0.39 is 0 Å². The molecule has 0 amide bonds. The molecule has 0 radical (unpaired) electrons. The number of nitrogens with one attached hydrogen (secondary N) is 2. The van der Waals surface area contributed by atoms with E-state index >= 15 is 0 Å². The van der Waals surface area contributed by atoms with E-state index in [9.17, 15) is 0 Å². The highest BCUT2D eigenvalue weighted by atomic mass is 16.5. The molecule has 7 nitrogen and oxygen atoms in total. The van der Waals surface area contributed by atoms with Crippen molar-refractivity contribution in [1.29, 1.82) is 5.41 Å². The summed E-state index contributed by atoms with van der Waals surface area (Å²) in [5.41, 5.74) is 7.92. The lowest BCUT2D eigenvalue weighted by Crippen LogP contribution is -2.20. The quantitative estimate of drug-likeness (QED) is 0.647. The van der Waals surface area contributed by atoms with Crippen LogP contribution < -0.4 is 4.74 Å². The lowest BCUT2D eigenvalue weighted by Gasteiger charge is -2.16. The number of nitrogens with zero attached hydrogens (tertiary/aromatic N) is 4. The Kier molecular flexibility index (Phi) is 5.30. The summed E-state index contributed by atoms with van der Waals surface area (Å²) in [5, 5.41) is 13.4. The maximum atomic E-state index is 8.85. The fourth-order valence-corrected chi connectivity index (χ4v) is 3.69. The molecule has 4 rings (SSSR count). The minimum atomic E-state index is 0.429. The van der Waals surface area contributed by atoms with Crippen molar-refractivity contribution in [2.75, 3.05) is 27.2 Å². The highest BCUT2D eigenvalue weighted by Gasteiger charge is 2.26. The normalized spacial score (nSPS) is 15.2. The Balaban J connectivity index is 1.82. The minimum absolute atomic E-state index is 0.429. The molecule has 3 aromatic rings. The molecule has 0 atom stereocenters. The average molecular weight is 405 g/mol. The van der Waals surface area contributed by atoms with Crippen molar-refractivity contribution in [3.63, 3.8) is 0 Å². The topological polar surface area (TPSA) is 81.8 Å². The molecule has 0 spiro atoms. The van der Waals surface area contributed by atoms with Crippen molar-refractivity contribution in [3.8, 4) is 5.88 Å². The predicted octanol–water partition coefficient (Wildman–Crippen LogP) is 4.17. The van der Waals surface area contributed by atoms with Crippen molar-refractivity contribution in [2.24, 2.45) is 4.99 Å². The number of pyridine rings is 1. The smallest absolute Gasteiger partial charge is 0.260 e. The van der Waals surface area contributed by atoms with Crippen molar-refractivity contribution in [3.05, 3.63) is 53.0 Å². The van der Waals surface area contributed by atoms with Gasteiger partial charge in [-0.15, -0.1) is 5.10 Å². The number of aromatic nitrogens is 3. The summed E-state index contributed by atoms with van der Waals surface area (Å²) in [6, 6.07) is 5.86. The Morgan fingerprint density at radius 2 is 2.07 bits per heavy atom. The number of aliphatic imine (C=N–C) groups is 1. The summed E-state index contributed by atoms with van der Waals surface area (Å²) >= 11 is 0. The number of hydrogen-bond acceptors (Lipinski definition) is 5. The molecule has 156 valence electrons. The fraction of sp³-hybridized carbons (Fsp3) is 0.348. The maximum absolute atomic E-state index is 8.85. The first-order valence-electron chi connectivity index (χ1n) is 10.2. The van der Waals surface area contributed by atoms with E-state index in [-0.39, 0.29) is 0 Å². The first-order chi connectivity index (χ1) is 14.4. The largest absolute Gasteiger partial charge is 0.474 e. The molecule has 0 aliphatic heterocycles. The van der Waals surface area contributed by atoms with Gasteiger partial charge in [-0.05, 0) is 63.7 Å². The third kappa shape index (κ3) is 3.45. The van der Waals surface area contributed by atoms with Crippen LogP contribution in [0.5, 0.6) is 5.88 Å². The van der Waals surface area contributed by atoms with Crippen LogP contribution in [0.3, 0.4) is 0 Å². The summed E-state index contributed by atoms with van der Waals surface area (Å²) in [6.45, 7) is 7.53. The third-order valence-corrected chi connectivity index (χ3v) is 5.51. The molecule has 0 bridgehead atoms. The van der Waals surface area contributed by atoms with Gasteiger partial charge in [-0.25, -0.2) is 9.51 Å². The van der Waals surface area contributed by atoms with Crippen LogP contribution in [0, 0.1) is 19.3 Å². The second-order valence-electron chi connectivity index (χ2n) is 7.86. The van der Waals surface area contributed by atoms with E-state index in [1.165, 1.54) is 0 Å². The van der Waals surface area contributed by atoms with Crippen molar-refractivity contribution >= 4 is 28.2 Å². The summed E-state index contributed by atoms with van der Waals surface area (Å²) in [6.07, 6.45) is 4.75. The molecule has 3 aromatic heterocycles. The molecular weight excluding hydrogens is 376 g/mol. The Morgan fingerprint density at radius 3 is 2.80 bits per heavy atom. The van der Waals surface area contributed by atoms with Crippen LogP contribution >= 0.6 is 0 Å². The van der Waals surface area contributed by atoms with Gasteiger partial charge in [0.1, 0.15) is 6.61 Å². The Morgan fingerprint density at radius 1 is 1.27 bits per heavy atom. The number of hydrogen-bond donors (Lipinski definition) is 2. The van der Waals surface area contributed by atoms with Crippen LogP contribution in [0.15, 0.2) is 35.5 Å². The highest BCUT2D eigenvalue weighted by Crippen LogP contribution is 2.35. The number of rotatable bonds is 6. The number of H-pyrrole nitrogens is 1. The SMILES string of the molecule is CCC1=CC(=Nc2c(OCCN(C)C)nn3ccccc23)C(=N)c2c1[nH]c(C)c2C. The predicted molar refractivity (Wildman–Crippen MR) is 122 cm³/mol. The molecule has 0 saturated carbocycles. The van der Waals surface area contributed by atoms with Gasteiger partial charge < -0.3 is 14.6 Å². The van der Waals surface area contributed by atoms with Crippen LogP contribution in [-0.2, 0) is 0 Å². The van der Waals surface area contributed by atoms with E-state index in [0.29, 0.717) is 29.6 Å². The van der Waals surface area contributed by atoms with Gasteiger partial charge in [0.05, 0.1) is 22.6 Å². The second kappa shape index (κ2) is 7.91. The summed E-state index contributed by atoms with van der Waals surface area (Å²) < 4.78 is 7.76. The van der Waals surface area contributed by atoms with Crippen molar-refractivity contribution in [1.82, 2.24) is 19.5 Å². The summed E-state index contributed by atoms with van der Waals surface area (Å²) in [7, 11) is 4.01. The zero-order valence-electron chi connectivity index (χ0n) is 18.2. The fourth-order valence-electron chi connectivity index (χ4n) is 3.69. The van der Waals surface area contributed by atoms with Crippen molar-refractivity contribution < 1.29 is 4.74 Å². The van der Waals surface area contributed by atoms with Crippen LogP contribution in [0.1, 0.15) is 35.9 Å². The standard InChI is InChI=1S/C23H28N6O/c1-6-16-13-17(20(24)19-14(2)15(3)25-21(16)19)26-22-18-9-7-8-10-29(18)27-23(22)30-12-11-28(4)5/h7-10,13,24-25H,6,11-12H2,1-5H3. The highest BCUT2D eigenvalue weighted by molar-refractivity contribution is 6.54. The second-order valence-corrected chi connectivity index (χ2v) is 7.86. The van der Waals surface area contributed by atoms with Gasteiger partial charge >= 0.3 is 0 Å². The minimum Gasteiger partial charge on any atom is -0.474 e. The zero-order valence-corrected chi connectivity index (χ0v) is 18.2. The van der Waals surface area contributed by atoms with Gasteiger partial charge in [0.25, 0.3) is 5.88 Å². The molecule has 7 heteroatoms. The molecule has 1 aliphatic rings. The van der Waals surface area contributed by atoms with E-state index in [1.807, 2.05) is 51.5 Å². The number of aromatic amines is 1. The Labute approximate surface area is 176 Å². The molecule has 1 aliphatic carbocycles. The molecule has 3 heterocycles. The van der Waals surface area contributed by atoms with Crippen LogP contribution in [0.25, 0.3) is 11.1 Å². The molecule has 0 fully saturated rings. The van der Waals surface area contributed by atoms with Gasteiger partial charge in [0, 0.05) is 24.0 Å². The third-order valence-electron chi connectivity index (χ3n) is 5.51. The van der Waals surface area contributed by atoms with Gasteiger partial charge in [-0.1, -0.05) is 13.0 Å². The Hall–Kier alpha value is -3.19. The maximum Gasteiger partial charge on any atom is 0.260 e. The first kappa shape index (κ1) is 20.1. The van der Waals surface area contributed by atoms with Gasteiger partial charge in [0.15, 0.2) is 5.69 Å². The number of allylic oxidation sites excluding steroid dienone is 2.